The van der Waals surface area contributed by atoms with Crippen molar-refractivity contribution in [2.45, 2.75) is 58.2 Å². The minimum Gasteiger partial charge on any atom is -0.393 e. The molecule has 2 atom stereocenters. The Bertz CT molecular complexity index is 154. The number of aliphatic hydroxyl groups excluding tert-OH is 1. The zero-order chi connectivity index (χ0) is 9.35. The Hall–Kier alpha value is -0.0800. The summed E-state index contributed by atoms with van der Waals surface area (Å²) in [6.45, 7) is 8.72. The molecule has 2 unspecified atom stereocenters. The largest absolute Gasteiger partial charge is 0.393 e. The van der Waals surface area contributed by atoms with E-state index in [4.69, 9.17) is 0 Å². The number of rotatable bonds is 1. The summed E-state index contributed by atoms with van der Waals surface area (Å²) in [5.74, 6) is 0.610. The molecule has 1 saturated heterocycles. The fourth-order valence-corrected chi connectivity index (χ4v) is 2.02. The Balaban J connectivity index is 2.58. The molecule has 12 heavy (non-hydrogen) atoms. The Kier molecular flexibility index (Phi) is 2.79. The quantitative estimate of drug-likeness (QED) is 0.627. The van der Waals surface area contributed by atoms with Gasteiger partial charge in [0.15, 0.2) is 0 Å². The van der Waals surface area contributed by atoms with Crippen LogP contribution in [0.2, 0.25) is 0 Å². The van der Waals surface area contributed by atoms with E-state index >= 15 is 0 Å². The SMILES string of the molecule is CC(C)C1CC(O)CC(C)(C)N1. The summed E-state index contributed by atoms with van der Waals surface area (Å²) in [5, 5.41) is 13.2. The minimum atomic E-state index is -0.117. The second kappa shape index (κ2) is 3.35. The first-order valence-corrected chi connectivity index (χ1v) is 4.86. The van der Waals surface area contributed by atoms with E-state index in [0.717, 1.165) is 12.8 Å². The molecule has 1 rings (SSSR count). The topological polar surface area (TPSA) is 32.3 Å². The van der Waals surface area contributed by atoms with Crippen LogP contribution >= 0.6 is 0 Å². The molecule has 2 N–H and O–H groups in total. The van der Waals surface area contributed by atoms with Gasteiger partial charge in [-0.2, -0.15) is 0 Å². The van der Waals surface area contributed by atoms with E-state index in [9.17, 15) is 5.11 Å². The van der Waals surface area contributed by atoms with Crippen LogP contribution in [0.4, 0.5) is 0 Å². The van der Waals surface area contributed by atoms with Crippen LogP contribution in [0, 0.1) is 5.92 Å². The van der Waals surface area contributed by atoms with Gasteiger partial charge in [0.2, 0.25) is 0 Å². The van der Waals surface area contributed by atoms with E-state index in [2.05, 4.69) is 33.0 Å². The van der Waals surface area contributed by atoms with Gasteiger partial charge in [0.25, 0.3) is 0 Å². The molecule has 1 aliphatic rings. The summed E-state index contributed by atoms with van der Waals surface area (Å²) in [6.07, 6.45) is 1.66. The first-order valence-electron chi connectivity index (χ1n) is 4.86. The standard InChI is InChI=1S/C10H21NO/c1-7(2)9-5-8(12)6-10(3,4)11-9/h7-9,11-12H,5-6H2,1-4H3. The highest BCUT2D eigenvalue weighted by Crippen LogP contribution is 2.25. The highest BCUT2D eigenvalue weighted by molar-refractivity contribution is 4.92. The molecule has 72 valence electrons. The maximum Gasteiger partial charge on any atom is 0.0572 e. The third-order valence-electron chi connectivity index (χ3n) is 2.65. The van der Waals surface area contributed by atoms with Crippen molar-refractivity contribution in [3.63, 3.8) is 0 Å². The molecule has 0 aliphatic carbocycles. The van der Waals surface area contributed by atoms with E-state index in [0.29, 0.717) is 12.0 Å². The molecule has 1 heterocycles. The van der Waals surface area contributed by atoms with Crippen molar-refractivity contribution in [3.8, 4) is 0 Å². The van der Waals surface area contributed by atoms with Crippen molar-refractivity contribution < 1.29 is 5.11 Å². The fraction of sp³-hybridized carbons (Fsp3) is 1.00. The second-order valence-electron chi connectivity index (χ2n) is 4.97. The van der Waals surface area contributed by atoms with E-state index < -0.39 is 0 Å². The van der Waals surface area contributed by atoms with Crippen molar-refractivity contribution in [1.29, 1.82) is 0 Å². The summed E-state index contributed by atoms with van der Waals surface area (Å²) in [7, 11) is 0. The maximum atomic E-state index is 9.62. The zero-order valence-electron chi connectivity index (χ0n) is 8.59. The van der Waals surface area contributed by atoms with Gasteiger partial charge in [0.05, 0.1) is 6.10 Å². The van der Waals surface area contributed by atoms with Gasteiger partial charge in [-0.15, -0.1) is 0 Å². The average molecular weight is 171 g/mol. The molecule has 2 heteroatoms. The van der Waals surface area contributed by atoms with Crippen LogP contribution in [0.3, 0.4) is 0 Å². The third kappa shape index (κ3) is 2.46. The number of hydrogen-bond acceptors (Lipinski definition) is 2. The molecule has 1 fully saturated rings. The molecule has 1 aliphatic heterocycles. The van der Waals surface area contributed by atoms with E-state index in [-0.39, 0.29) is 11.6 Å². The van der Waals surface area contributed by atoms with Gasteiger partial charge >= 0.3 is 0 Å². The van der Waals surface area contributed by atoms with Gasteiger partial charge in [0.1, 0.15) is 0 Å². The molecular weight excluding hydrogens is 150 g/mol. The van der Waals surface area contributed by atoms with Gasteiger partial charge in [-0.3, -0.25) is 0 Å². The lowest BCUT2D eigenvalue weighted by Gasteiger charge is -2.41. The lowest BCUT2D eigenvalue weighted by Crippen LogP contribution is -2.55. The summed E-state index contributed by atoms with van der Waals surface area (Å²) in [6, 6.07) is 0.476. The number of nitrogens with one attached hydrogen (secondary N) is 1. The van der Waals surface area contributed by atoms with Crippen molar-refractivity contribution in [2.75, 3.05) is 0 Å². The Morgan fingerprint density at radius 2 is 2.00 bits per heavy atom. The lowest BCUT2D eigenvalue weighted by molar-refractivity contribution is 0.0550. The Morgan fingerprint density at radius 1 is 1.42 bits per heavy atom. The normalized spacial score (nSPS) is 35.5. The molecule has 0 aromatic carbocycles. The van der Waals surface area contributed by atoms with Crippen molar-refractivity contribution in [3.05, 3.63) is 0 Å². The van der Waals surface area contributed by atoms with E-state index in [1.54, 1.807) is 0 Å². The van der Waals surface area contributed by atoms with Crippen LogP contribution in [0.15, 0.2) is 0 Å². The first kappa shape index (κ1) is 10.0. The van der Waals surface area contributed by atoms with Gasteiger partial charge in [-0.25, -0.2) is 0 Å². The van der Waals surface area contributed by atoms with Crippen LogP contribution in [-0.4, -0.2) is 22.8 Å². The van der Waals surface area contributed by atoms with Gasteiger partial charge in [0, 0.05) is 11.6 Å². The van der Waals surface area contributed by atoms with Crippen LogP contribution in [0.1, 0.15) is 40.5 Å². The third-order valence-corrected chi connectivity index (χ3v) is 2.65. The highest BCUT2D eigenvalue weighted by atomic mass is 16.3. The Labute approximate surface area is 75.4 Å². The smallest absolute Gasteiger partial charge is 0.0572 e. The molecule has 0 saturated carbocycles. The molecular formula is C10H21NO. The number of hydrogen-bond donors (Lipinski definition) is 2. The maximum absolute atomic E-state index is 9.62. The molecule has 2 nitrogen and oxygen atoms in total. The van der Waals surface area contributed by atoms with Crippen LogP contribution < -0.4 is 5.32 Å². The summed E-state index contributed by atoms with van der Waals surface area (Å²) in [5.41, 5.74) is 0.104. The van der Waals surface area contributed by atoms with Crippen LogP contribution in [0.5, 0.6) is 0 Å². The van der Waals surface area contributed by atoms with Crippen molar-refractivity contribution >= 4 is 0 Å². The first-order chi connectivity index (χ1) is 5.41. The number of piperidine rings is 1. The van der Waals surface area contributed by atoms with Gasteiger partial charge in [-0.1, -0.05) is 13.8 Å². The number of aliphatic hydroxyl groups is 1. The predicted molar refractivity (Wildman–Crippen MR) is 51.1 cm³/mol. The fourth-order valence-electron chi connectivity index (χ4n) is 2.02. The average Bonchev–Trinajstić information content (AvgIpc) is 1.82. The minimum absolute atomic E-state index is 0.104. The second-order valence-corrected chi connectivity index (χ2v) is 4.97. The van der Waals surface area contributed by atoms with Gasteiger partial charge < -0.3 is 10.4 Å². The highest BCUT2D eigenvalue weighted by Gasteiger charge is 2.33. The summed E-state index contributed by atoms with van der Waals surface area (Å²) >= 11 is 0. The van der Waals surface area contributed by atoms with Crippen LogP contribution in [0.25, 0.3) is 0 Å². The predicted octanol–water partition coefficient (Wildman–Crippen LogP) is 1.53. The van der Waals surface area contributed by atoms with Gasteiger partial charge in [-0.05, 0) is 32.6 Å². The molecule has 0 bridgehead atoms. The Morgan fingerprint density at radius 3 is 2.42 bits per heavy atom. The van der Waals surface area contributed by atoms with Crippen LogP contribution in [-0.2, 0) is 0 Å². The zero-order valence-corrected chi connectivity index (χ0v) is 8.59. The molecule has 0 amide bonds. The lowest BCUT2D eigenvalue weighted by atomic mass is 9.83. The van der Waals surface area contributed by atoms with Crippen molar-refractivity contribution in [2.24, 2.45) is 5.92 Å². The molecule has 0 radical (unpaired) electrons. The molecule has 0 aromatic heterocycles. The molecule has 0 spiro atoms. The summed E-state index contributed by atoms with van der Waals surface area (Å²) < 4.78 is 0. The monoisotopic (exact) mass is 171 g/mol. The molecule has 0 aromatic rings. The summed E-state index contributed by atoms with van der Waals surface area (Å²) in [4.78, 5) is 0. The van der Waals surface area contributed by atoms with E-state index in [1.807, 2.05) is 0 Å². The van der Waals surface area contributed by atoms with Crippen molar-refractivity contribution in [1.82, 2.24) is 5.32 Å². The van der Waals surface area contributed by atoms with E-state index in [1.165, 1.54) is 0 Å².